The summed E-state index contributed by atoms with van der Waals surface area (Å²) in [4.78, 5) is 19.7. The first kappa shape index (κ1) is 8.25. The molecule has 1 rings (SSSR count). The molecule has 1 saturated heterocycles. The van der Waals surface area contributed by atoms with Crippen molar-refractivity contribution in [3.8, 4) is 0 Å². The summed E-state index contributed by atoms with van der Waals surface area (Å²) in [5.74, 6) is 0. The van der Waals surface area contributed by atoms with E-state index in [9.17, 15) is 4.79 Å². The highest BCUT2D eigenvalue weighted by Gasteiger charge is 2.20. The molecule has 6 heteroatoms. The number of urea groups is 1. The molecule has 0 bridgehead atoms. The zero-order valence-corrected chi connectivity index (χ0v) is 6.32. The Morgan fingerprint density at radius 3 is 2.64 bits per heavy atom. The number of carbonyl (C=O) groups excluding carboxylic acids is 1. The minimum Gasteiger partial charge on any atom is -0.350 e. The number of primary amides is 1. The third kappa shape index (κ3) is 2.04. The van der Waals surface area contributed by atoms with Crippen LogP contribution in [0.4, 0.5) is 4.79 Å². The number of likely N-dealkylation sites (N-methyl/N-ethyl adjacent to an activating group) is 1. The van der Waals surface area contributed by atoms with Crippen molar-refractivity contribution in [3.05, 3.63) is 0 Å². The molecule has 64 valence electrons. The largest absolute Gasteiger partial charge is 0.350 e. The summed E-state index contributed by atoms with van der Waals surface area (Å²) in [5, 5.41) is 2.55. The number of amides is 2. The summed E-state index contributed by atoms with van der Waals surface area (Å²) in [6.07, 6.45) is 0. The van der Waals surface area contributed by atoms with Crippen molar-refractivity contribution in [3.63, 3.8) is 0 Å². The molecule has 11 heavy (non-hydrogen) atoms. The Labute approximate surface area is 64.3 Å². The normalized spacial score (nSPS) is 20.3. The molecule has 0 saturated carbocycles. The lowest BCUT2D eigenvalue weighted by Crippen LogP contribution is -2.47. The molecule has 0 aromatic heterocycles. The van der Waals surface area contributed by atoms with Crippen LogP contribution in [0, 0.1) is 0 Å². The second-order valence-electron chi connectivity index (χ2n) is 2.11. The van der Waals surface area contributed by atoms with Gasteiger partial charge in [-0.25, -0.2) is 4.79 Å². The van der Waals surface area contributed by atoms with Gasteiger partial charge >= 0.3 is 6.03 Å². The van der Waals surface area contributed by atoms with Gasteiger partial charge in [-0.05, 0) is 6.92 Å². The van der Waals surface area contributed by atoms with E-state index in [1.54, 1.807) is 5.06 Å². The van der Waals surface area contributed by atoms with Gasteiger partial charge in [-0.3, -0.25) is 0 Å². The van der Waals surface area contributed by atoms with Crippen LogP contribution in [0.1, 0.15) is 6.92 Å². The van der Waals surface area contributed by atoms with Crippen LogP contribution in [-0.4, -0.2) is 35.8 Å². The Hall–Kier alpha value is -0.850. The molecule has 0 unspecified atom stereocenters. The Kier molecular flexibility index (Phi) is 2.64. The van der Waals surface area contributed by atoms with Crippen LogP contribution in [-0.2, 0) is 9.98 Å². The molecule has 2 amide bonds. The fraction of sp³-hybridized carbons (Fsp3) is 0.800. The van der Waals surface area contributed by atoms with Crippen molar-refractivity contribution in [2.24, 2.45) is 5.73 Å². The summed E-state index contributed by atoms with van der Waals surface area (Å²) < 4.78 is 0. The lowest BCUT2D eigenvalue weighted by molar-refractivity contribution is -0.523. The van der Waals surface area contributed by atoms with E-state index in [4.69, 9.17) is 5.73 Å². The van der Waals surface area contributed by atoms with Gasteiger partial charge in [-0.2, -0.15) is 10.1 Å². The molecule has 1 heterocycles. The van der Waals surface area contributed by atoms with E-state index in [1.165, 1.54) is 0 Å². The topological polar surface area (TPSA) is 68.0 Å². The van der Waals surface area contributed by atoms with E-state index in [2.05, 4.69) is 9.98 Å². The third-order valence-corrected chi connectivity index (χ3v) is 1.38. The first-order chi connectivity index (χ1) is 5.24. The minimum atomic E-state index is -0.638. The van der Waals surface area contributed by atoms with Gasteiger partial charge in [0, 0.05) is 13.1 Å². The van der Waals surface area contributed by atoms with Gasteiger partial charge in [0.05, 0.1) is 6.54 Å². The number of nitrogens with zero attached hydrogens (tertiary/aromatic N) is 2. The molecule has 0 radical (unpaired) electrons. The standard InChI is InChI=1S/C5H11N3O3/c1-2-7-3-4-8(5(6)9)11-10-7/h2-4H2,1H3,(H2,6,9). The Bertz CT molecular complexity index is 144. The van der Waals surface area contributed by atoms with Crippen molar-refractivity contribution in [2.45, 2.75) is 6.92 Å². The maximum atomic E-state index is 10.5. The van der Waals surface area contributed by atoms with Crippen LogP contribution in [0.3, 0.4) is 0 Å². The number of hydrogen-bond donors (Lipinski definition) is 1. The van der Waals surface area contributed by atoms with Gasteiger partial charge in [0.1, 0.15) is 0 Å². The highest BCUT2D eigenvalue weighted by Crippen LogP contribution is 2.03. The van der Waals surface area contributed by atoms with E-state index >= 15 is 0 Å². The molecule has 2 N–H and O–H groups in total. The van der Waals surface area contributed by atoms with Crippen LogP contribution in [0.25, 0.3) is 0 Å². The highest BCUT2D eigenvalue weighted by molar-refractivity contribution is 5.70. The van der Waals surface area contributed by atoms with Crippen LogP contribution >= 0.6 is 0 Å². The summed E-state index contributed by atoms with van der Waals surface area (Å²) >= 11 is 0. The Balaban J connectivity index is 2.30. The van der Waals surface area contributed by atoms with Crippen molar-refractivity contribution in [1.29, 1.82) is 0 Å². The van der Waals surface area contributed by atoms with Gasteiger partial charge in [0.15, 0.2) is 0 Å². The van der Waals surface area contributed by atoms with Crippen LogP contribution in [0.2, 0.25) is 0 Å². The predicted molar refractivity (Wildman–Crippen MR) is 35.7 cm³/mol. The smallest absolute Gasteiger partial charge is 0.341 e. The van der Waals surface area contributed by atoms with Gasteiger partial charge in [-0.15, -0.1) is 4.99 Å². The number of hydrogen-bond acceptors (Lipinski definition) is 4. The second-order valence-corrected chi connectivity index (χ2v) is 2.11. The SMILES string of the molecule is CCN1CCN(C(N)=O)OO1. The highest BCUT2D eigenvalue weighted by atomic mass is 17.3. The first-order valence-corrected chi connectivity index (χ1v) is 3.40. The molecule has 0 spiro atoms. The number of rotatable bonds is 1. The van der Waals surface area contributed by atoms with Crippen molar-refractivity contribution in [2.75, 3.05) is 19.6 Å². The minimum absolute atomic E-state index is 0.434. The molecule has 0 aliphatic carbocycles. The number of hydroxylamine groups is 4. The molecule has 1 fully saturated rings. The summed E-state index contributed by atoms with van der Waals surface area (Å²) in [7, 11) is 0. The van der Waals surface area contributed by atoms with E-state index in [0.717, 1.165) is 5.06 Å². The summed E-state index contributed by atoms with van der Waals surface area (Å²) in [5.41, 5.74) is 4.92. The molecule has 1 aliphatic heterocycles. The maximum Gasteiger partial charge on any atom is 0.341 e. The monoisotopic (exact) mass is 161 g/mol. The molecule has 0 aromatic carbocycles. The van der Waals surface area contributed by atoms with E-state index in [1.807, 2.05) is 6.92 Å². The number of nitrogens with two attached hydrogens (primary N) is 1. The van der Waals surface area contributed by atoms with Crippen molar-refractivity contribution in [1.82, 2.24) is 10.1 Å². The van der Waals surface area contributed by atoms with E-state index in [0.29, 0.717) is 19.6 Å². The van der Waals surface area contributed by atoms with E-state index < -0.39 is 6.03 Å². The lowest BCUT2D eigenvalue weighted by atomic mass is 10.5. The van der Waals surface area contributed by atoms with Crippen molar-refractivity contribution >= 4 is 6.03 Å². The van der Waals surface area contributed by atoms with Gasteiger partial charge in [-0.1, -0.05) is 4.99 Å². The zero-order chi connectivity index (χ0) is 8.27. The Morgan fingerprint density at radius 1 is 1.55 bits per heavy atom. The van der Waals surface area contributed by atoms with Crippen molar-refractivity contribution < 1.29 is 14.8 Å². The average molecular weight is 161 g/mol. The second kappa shape index (κ2) is 3.51. The van der Waals surface area contributed by atoms with Gasteiger partial charge in [0.25, 0.3) is 0 Å². The fourth-order valence-electron chi connectivity index (χ4n) is 0.722. The fourth-order valence-corrected chi connectivity index (χ4v) is 0.722. The molecule has 1 aliphatic rings. The predicted octanol–water partition coefficient (Wildman–Crippen LogP) is -0.519. The molecular weight excluding hydrogens is 150 g/mol. The van der Waals surface area contributed by atoms with Crippen LogP contribution in [0.5, 0.6) is 0 Å². The molecule has 0 atom stereocenters. The van der Waals surface area contributed by atoms with Crippen LogP contribution < -0.4 is 5.73 Å². The summed E-state index contributed by atoms with van der Waals surface area (Å²) in [6, 6.07) is -0.638. The molecule has 0 aromatic rings. The first-order valence-electron chi connectivity index (χ1n) is 3.40. The van der Waals surface area contributed by atoms with Gasteiger partial charge in [0.2, 0.25) is 0 Å². The molecular formula is C5H11N3O3. The quantitative estimate of drug-likeness (QED) is 0.525. The Morgan fingerprint density at radius 2 is 2.27 bits per heavy atom. The summed E-state index contributed by atoms with van der Waals surface area (Å²) in [6.45, 7) is 3.68. The third-order valence-electron chi connectivity index (χ3n) is 1.38. The number of carbonyl (C=O) groups is 1. The molecule has 6 nitrogen and oxygen atoms in total. The zero-order valence-electron chi connectivity index (χ0n) is 6.32. The van der Waals surface area contributed by atoms with E-state index in [-0.39, 0.29) is 0 Å². The maximum absolute atomic E-state index is 10.5. The lowest BCUT2D eigenvalue weighted by Gasteiger charge is -2.28. The van der Waals surface area contributed by atoms with Crippen LogP contribution in [0.15, 0.2) is 0 Å². The van der Waals surface area contributed by atoms with Gasteiger partial charge < -0.3 is 5.73 Å². The average Bonchev–Trinajstić information content (AvgIpc) is 2.05.